The molecular weight excluding hydrogens is 475 g/mol. The maximum absolute atomic E-state index is 6.16. The molecule has 0 spiro atoms. The summed E-state index contributed by atoms with van der Waals surface area (Å²) in [5.74, 6) is 0.660. The third-order valence-corrected chi connectivity index (χ3v) is 5.33. The van der Waals surface area contributed by atoms with Gasteiger partial charge in [0.2, 0.25) is 0 Å². The van der Waals surface area contributed by atoms with Gasteiger partial charge in [0.25, 0.3) is 0 Å². The van der Waals surface area contributed by atoms with E-state index in [1.807, 2.05) is 14.8 Å². The molecule has 0 unspecified atom stereocenters. The van der Waals surface area contributed by atoms with Crippen LogP contribution in [-0.2, 0) is 4.74 Å². The van der Waals surface area contributed by atoms with Crippen molar-refractivity contribution >= 4 is 37.0 Å². The Balaban J connectivity index is 1.80. The van der Waals surface area contributed by atoms with Crippen molar-refractivity contribution in [3.8, 4) is 17.1 Å². The van der Waals surface area contributed by atoms with Gasteiger partial charge in [-0.2, -0.15) is 0 Å². The molecule has 0 aliphatic carbocycles. The molecule has 1 fully saturated rings. The minimum atomic E-state index is 0.156. The Morgan fingerprint density at radius 2 is 2.23 bits per heavy atom. The number of pyridine rings is 1. The third kappa shape index (κ3) is 2.51. The number of aromatic nitrogens is 5. The fraction of sp³-hybridized carbons (Fsp3) is 0.357. The molecule has 0 aromatic carbocycles. The van der Waals surface area contributed by atoms with E-state index in [0.717, 1.165) is 48.2 Å². The van der Waals surface area contributed by atoms with Crippen LogP contribution >= 0.6 is 0 Å². The van der Waals surface area contributed by atoms with Gasteiger partial charge in [-0.05, 0) is 0 Å². The monoisotopic (exact) mass is 489 g/mol. The number of aromatic amines is 1. The number of H-pyrrole nitrogens is 1. The number of rotatable bonds is 3. The van der Waals surface area contributed by atoms with Crippen LogP contribution in [0.5, 0.6) is 5.88 Å². The van der Waals surface area contributed by atoms with E-state index in [1.54, 1.807) is 12.4 Å². The summed E-state index contributed by atoms with van der Waals surface area (Å²) < 4.78 is 13.6. The SMILES string of the molecule is [Tl][n]1nc(-c2cn[nH]c2)c2c(OC3CCOCC3)nccc21. The summed E-state index contributed by atoms with van der Waals surface area (Å²) >= 11 is 0.575. The number of fused-ring (bicyclic) bond motifs is 1. The molecule has 1 aliphatic heterocycles. The number of ether oxygens (including phenoxy) is 2. The molecule has 0 saturated carbocycles. The molecule has 110 valence electrons. The molecule has 0 bridgehead atoms. The molecule has 22 heavy (non-hydrogen) atoms. The summed E-state index contributed by atoms with van der Waals surface area (Å²) in [4.78, 5) is 4.46. The Labute approximate surface area is 143 Å². The normalized spacial score (nSPS) is 16.1. The van der Waals surface area contributed by atoms with Crippen molar-refractivity contribution in [2.75, 3.05) is 13.2 Å². The van der Waals surface area contributed by atoms with Crippen molar-refractivity contribution in [3.63, 3.8) is 0 Å². The van der Waals surface area contributed by atoms with E-state index >= 15 is 0 Å². The van der Waals surface area contributed by atoms with Crippen LogP contribution in [-0.4, -0.2) is 68.2 Å². The first kappa shape index (κ1) is 14.1. The molecule has 3 aromatic heterocycles. The van der Waals surface area contributed by atoms with Crippen molar-refractivity contribution in [2.24, 2.45) is 0 Å². The van der Waals surface area contributed by atoms with Gasteiger partial charge in [0.15, 0.2) is 0 Å². The number of hydrogen-bond donors (Lipinski definition) is 1. The predicted molar refractivity (Wildman–Crippen MR) is 80.7 cm³/mol. The second-order valence-electron chi connectivity index (χ2n) is 5.22. The van der Waals surface area contributed by atoms with Gasteiger partial charge in [-0.15, -0.1) is 0 Å². The number of hydrogen-bond acceptors (Lipinski definition) is 5. The average molecular weight is 489 g/mol. The van der Waals surface area contributed by atoms with Crippen molar-refractivity contribution in [2.45, 2.75) is 18.9 Å². The van der Waals surface area contributed by atoms with Crippen LogP contribution in [0, 0.1) is 0 Å². The minimum absolute atomic E-state index is 0.156. The summed E-state index contributed by atoms with van der Waals surface area (Å²) in [7, 11) is 0. The van der Waals surface area contributed by atoms with Gasteiger partial charge < -0.3 is 0 Å². The van der Waals surface area contributed by atoms with Crippen LogP contribution in [0.25, 0.3) is 22.2 Å². The quantitative estimate of drug-likeness (QED) is 0.563. The van der Waals surface area contributed by atoms with Gasteiger partial charge in [0, 0.05) is 0 Å². The molecule has 1 aliphatic rings. The predicted octanol–water partition coefficient (Wildman–Crippen LogP) is 1.31. The zero-order valence-corrected chi connectivity index (χ0v) is 16.4. The molecule has 1 N–H and O–H groups in total. The number of nitrogens with zero attached hydrogens (tertiary/aromatic N) is 4. The summed E-state index contributed by atoms with van der Waals surface area (Å²) in [6.07, 6.45) is 7.36. The van der Waals surface area contributed by atoms with E-state index in [-0.39, 0.29) is 6.10 Å². The number of nitrogens with one attached hydrogen (secondary N) is 1. The second kappa shape index (κ2) is 5.95. The van der Waals surface area contributed by atoms with Gasteiger partial charge in [0.1, 0.15) is 0 Å². The van der Waals surface area contributed by atoms with Crippen molar-refractivity contribution in [3.05, 3.63) is 24.7 Å². The Hall–Kier alpha value is -1.49. The Morgan fingerprint density at radius 3 is 3.00 bits per heavy atom. The standard InChI is InChI=1S/C14H14N5O2.Tl/c1-4-15-14(21-10-2-5-20-6-3-10)12-11(1)18-19-13(12)9-7-16-17-8-9;/h1,4,7-8,10H,2-3,5-6H2,(H-,16,17,18,19);/q-1;+1. The van der Waals surface area contributed by atoms with Gasteiger partial charge in [0.05, 0.1) is 0 Å². The fourth-order valence-electron chi connectivity index (χ4n) is 2.68. The molecule has 4 heterocycles. The molecule has 0 radical (unpaired) electrons. The first-order valence-corrected chi connectivity index (χ1v) is 9.20. The average Bonchev–Trinajstić information content (AvgIpc) is 3.17. The van der Waals surface area contributed by atoms with Crippen molar-refractivity contribution in [1.82, 2.24) is 22.8 Å². The summed E-state index contributed by atoms with van der Waals surface area (Å²) in [6, 6.07) is 1.99. The van der Waals surface area contributed by atoms with Crippen LogP contribution in [0.1, 0.15) is 12.8 Å². The summed E-state index contributed by atoms with van der Waals surface area (Å²) in [5.41, 5.74) is 2.90. The maximum atomic E-state index is 6.16. The Bertz CT molecular complexity index is 780. The van der Waals surface area contributed by atoms with Crippen LogP contribution in [0.2, 0.25) is 0 Å². The van der Waals surface area contributed by atoms with E-state index in [2.05, 4.69) is 20.3 Å². The molecular formula is C14H14N5O2Tl. The van der Waals surface area contributed by atoms with E-state index in [1.165, 1.54) is 0 Å². The molecule has 0 atom stereocenters. The van der Waals surface area contributed by atoms with E-state index < -0.39 is 0 Å². The van der Waals surface area contributed by atoms with Gasteiger partial charge >= 0.3 is 143 Å². The Morgan fingerprint density at radius 1 is 1.36 bits per heavy atom. The first-order valence-electron chi connectivity index (χ1n) is 7.19. The molecule has 1 saturated heterocycles. The Kier molecular flexibility index (Phi) is 3.82. The van der Waals surface area contributed by atoms with Gasteiger partial charge in [-0.25, -0.2) is 0 Å². The summed E-state index contributed by atoms with van der Waals surface area (Å²) in [5, 5.41) is 12.5. The van der Waals surface area contributed by atoms with Crippen LogP contribution < -0.4 is 4.74 Å². The fourth-order valence-corrected chi connectivity index (χ4v) is 3.97. The molecule has 7 nitrogen and oxygen atoms in total. The third-order valence-electron chi connectivity index (χ3n) is 3.80. The first-order chi connectivity index (χ1) is 10.8. The van der Waals surface area contributed by atoms with Gasteiger partial charge in [-0.1, -0.05) is 0 Å². The second-order valence-corrected chi connectivity index (χ2v) is 7.12. The van der Waals surface area contributed by atoms with Crippen LogP contribution in [0.4, 0.5) is 0 Å². The topological polar surface area (TPSA) is 77.9 Å². The van der Waals surface area contributed by atoms with Crippen LogP contribution in [0.3, 0.4) is 0 Å². The van der Waals surface area contributed by atoms with Crippen LogP contribution in [0.15, 0.2) is 24.7 Å². The molecule has 8 heteroatoms. The van der Waals surface area contributed by atoms with Crippen molar-refractivity contribution < 1.29 is 9.47 Å². The zero-order chi connectivity index (χ0) is 14.9. The summed E-state index contributed by atoms with van der Waals surface area (Å²) in [6.45, 7) is 1.49. The molecule has 4 rings (SSSR count). The van der Waals surface area contributed by atoms with Gasteiger partial charge in [-0.3, -0.25) is 0 Å². The zero-order valence-electron chi connectivity index (χ0n) is 11.9. The van der Waals surface area contributed by atoms with E-state index in [0.29, 0.717) is 31.9 Å². The van der Waals surface area contributed by atoms with E-state index in [4.69, 9.17) is 9.47 Å². The molecule has 0 amide bonds. The molecule has 3 aromatic rings. The van der Waals surface area contributed by atoms with E-state index in [9.17, 15) is 0 Å². The van der Waals surface area contributed by atoms with Crippen molar-refractivity contribution in [1.29, 1.82) is 0 Å².